The molecule has 3 atom stereocenters. The molecule has 0 saturated carbocycles. The van der Waals surface area contributed by atoms with Crippen molar-refractivity contribution in [1.82, 2.24) is 5.32 Å². The normalized spacial score (nSPS) is 13.6. The van der Waals surface area contributed by atoms with Gasteiger partial charge in [0.05, 0.1) is 25.2 Å². The monoisotopic (exact) mass is 856 g/mol. The van der Waals surface area contributed by atoms with E-state index in [0.29, 0.717) is 19.3 Å². The van der Waals surface area contributed by atoms with Crippen molar-refractivity contribution in [3.63, 3.8) is 0 Å². The minimum absolute atomic E-state index is 0.0623. The molecule has 6 nitrogen and oxygen atoms in total. The van der Waals surface area contributed by atoms with Gasteiger partial charge < -0.3 is 20.3 Å². The Balaban J connectivity index is 4.46. The highest BCUT2D eigenvalue weighted by Gasteiger charge is 2.24. The lowest BCUT2D eigenvalue weighted by molar-refractivity contribution is -0.151. The molecule has 356 valence electrons. The maximum atomic E-state index is 13.2. The summed E-state index contributed by atoms with van der Waals surface area (Å²) in [5.74, 6) is -0.499. The Kier molecular flexibility index (Phi) is 47.1. The Bertz CT molecular complexity index is 1050. The van der Waals surface area contributed by atoms with Crippen LogP contribution >= 0.6 is 0 Å². The van der Waals surface area contributed by atoms with Crippen LogP contribution in [0.2, 0.25) is 0 Å². The summed E-state index contributed by atoms with van der Waals surface area (Å²) in [6.45, 7) is 6.33. The van der Waals surface area contributed by atoms with Gasteiger partial charge in [0.2, 0.25) is 5.91 Å². The minimum atomic E-state index is -0.793. The predicted molar refractivity (Wildman–Crippen MR) is 264 cm³/mol. The van der Waals surface area contributed by atoms with Gasteiger partial charge in [-0.15, -0.1) is 0 Å². The highest BCUT2D eigenvalue weighted by molar-refractivity contribution is 5.77. The average Bonchev–Trinajstić information content (AvgIpc) is 3.25. The first-order valence-corrected chi connectivity index (χ1v) is 26.4. The van der Waals surface area contributed by atoms with Crippen LogP contribution in [-0.2, 0) is 14.3 Å². The number of carbonyl (C=O) groups is 2. The number of ether oxygens (including phenoxy) is 1. The van der Waals surface area contributed by atoms with E-state index in [9.17, 15) is 19.8 Å². The van der Waals surface area contributed by atoms with Gasteiger partial charge in [0.25, 0.3) is 0 Å². The average molecular weight is 856 g/mol. The number of hydrogen-bond acceptors (Lipinski definition) is 5. The second-order valence-corrected chi connectivity index (χ2v) is 18.0. The van der Waals surface area contributed by atoms with Crippen molar-refractivity contribution < 1.29 is 24.5 Å². The van der Waals surface area contributed by atoms with Crippen LogP contribution in [0.5, 0.6) is 0 Å². The third kappa shape index (κ3) is 44.2. The van der Waals surface area contributed by atoms with E-state index in [-0.39, 0.29) is 24.9 Å². The van der Waals surface area contributed by atoms with Gasteiger partial charge >= 0.3 is 5.97 Å². The van der Waals surface area contributed by atoms with Crippen LogP contribution in [0.15, 0.2) is 48.6 Å². The van der Waals surface area contributed by atoms with E-state index in [0.717, 1.165) is 83.5 Å². The molecular weight excluding hydrogens is 755 g/mol. The third-order valence-electron chi connectivity index (χ3n) is 12.0. The molecule has 0 fully saturated rings. The van der Waals surface area contributed by atoms with Crippen LogP contribution in [0.25, 0.3) is 0 Å². The van der Waals surface area contributed by atoms with Crippen LogP contribution < -0.4 is 5.32 Å². The van der Waals surface area contributed by atoms with E-state index >= 15 is 0 Å². The van der Waals surface area contributed by atoms with Crippen molar-refractivity contribution in [1.29, 1.82) is 0 Å². The summed E-state index contributed by atoms with van der Waals surface area (Å²) in [6.07, 6.45) is 58.9. The molecule has 0 aromatic heterocycles. The standard InChI is InChI=1S/C55H101NO5/c1-4-7-10-13-16-19-22-24-26-27-29-30-32-35-38-41-44-47-53(58)52(50-57)56-54(59)49-51(46-43-40-37-34-21-18-15-12-9-6-3)61-55(60)48-45-42-39-36-33-31-28-25-23-20-17-14-11-8-5-2/h8,11,14,17-18,20-21,23,51-53,57-58H,4-7,9-10,12-13,15-16,19,22,24-50H2,1-3H3,(H,56,59)/b11-8+,17-14+,21-18-,23-20+. The summed E-state index contributed by atoms with van der Waals surface area (Å²) in [5, 5.41) is 23.8. The number of allylic oxidation sites excluding steroid dienone is 8. The first kappa shape index (κ1) is 58.8. The second-order valence-electron chi connectivity index (χ2n) is 18.0. The highest BCUT2D eigenvalue weighted by Crippen LogP contribution is 2.18. The van der Waals surface area contributed by atoms with E-state index in [1.165, 1.54) is 135 Å². The molecule has 0 rings (SSSR count). The van der Waals surface area contributed by atoms with Crippen molar-refractivity contribution in [3.8, 4) is 0 Å². The van der Waals surface area contributed by atoms with Crippen LogP contribution in [0, 0.1) is 0 Å². The Morgan fingerprint density at radius 2 is 0.902 bits per heavy atom. The molecule has 0 aliphatic carbocycles. The van der Waals surface area contributed by atoms with E-state index in [1.807, 2.05) is 0 Å². The molecule has 61 heavy (non-hydrogen) atoms. The van der Waals surface area contributed by atoms with Crippen molar-refractivity contribution in [3.05, 3.63) is 48.6 Å². The number of hydrogen-bond donors (Lipinski definition) is 3. The molecule has 0 aromatic carbocycles. The molecule has 3 unspecified atom stereocenters. The fourth-order valence-corrected chi connectivity index (χ4v) is 7.96. The molecule has 1 amide bonds. The third-order valence-corrected chi connectivity index (χ3v) is 12.0. The van der Waals surface area contributed by atoms with Gasteiger partial charge in [-0.3, -0.25) is 9.59 Å². The zero-order valence-electron chi connectivity index (χ0n) is 40.5. The molecule has 0 aliphatic heterocycles. The number of rotatable bonds is 47. The van der Waals surface area contributed by atoms with Crippen LogP contribution in [0.4, 0.5) is 0 Å². The predicted octanol–water partition coefficient (Wildman–Crippen LogP) is 15.8. The number of esters is 1. The largest absolute Gasteiger partial charge is 0.462 e. The fourth-order valence-electron chi connectivity index (χ4n) is 7.96. The maximum absolute atomic E-state index is 13.2. The highest BCUT2D eigenvalue weighted by atomic mass is 16.5. The van der Waals surface area contributed by atoms with Crippen molar-refractivity contribution >= 4 is 11.9 Å². The first-order valence-electron chi connectivity index (χ1n) is 26.4. The van der Waals surface area contributed by atoms with Gasteiger partial charge in [0, 0.05) is 6.42 Å². The number of aliphatic hydroxyl groups excluding tert-OH is 2. The van der Waals surface area contributed by atoms with Gasteiger partial charge in [0.15, 0.2) is 0 Å². The zero-order valence-corrected chi connectivity index (χ0v) is 40.5. The molecule has 0 radical (unpaired) electrons. The van der Waals surface area contributed by atoms with Gasteiger partial charge in [-0.2, -0.15) is 0 Å². The summed E-state index contributed by atoms with van der Waals surface area (Å²) >= 11 is 0. The molecule has 6 heteroatoms. The lowest BCUT2D eigenvalue weighted by Gasteiger charge is -2.24. The molecule has 0 aliphatic rings. The maximum Gasteiger partial charge on any atom is 0.306 e. The van der Waals surface area contributed by atoms with Crippen molar-refractivity contribution in [2.45, 2.75) is 283 Å². The van der Waals surface area contributed by atoms with Gasteiger partial charge in [-0.25, -0.2) is 0 Å². The SMILES string of the molecule is CC/C=C/C=C/C=C/CCCCCCCCCC(=O)OC(CCCCC/C=C\CCCCC)CC(=O)NC(CO)C(O)CCCCCCCCCCCCCCCCCCC. The van der Waals surface area contributed by atoms with Crippen LogP contribution in [-0.4, -0.2) is 46.9 Å². The fraction of sp³-hybridized carbons (Fsp3) is 0.818. The Morgan fingerprint density at radius 3 is 1.43 bits per heavy atom. The molecule has 0 spiro atoms. The first-order chi connectivity index (χ1) is 30.0. The van der Waals surface area contributed by atoms with E-state index in [2.05, 4.69) is 74.7 Å². The number of carbonyl (C=O) groups excluding carboxylic acids is 2. The van der Waals surface area contributed by atoms with Crippen molar-refractivity contribution in [2.75, 3.05) is 6.61 Å². The zero-order chi connectivity index (χ0) is 44.5. The summed E-state index contributed by atoms with van der Waals surface area (Å²) in [4.78, 5) is 26.1. The number of nitrogens with one attached hydrogen (secondary N) is 1. The summed E-state index contributed by atoms with van der Waals surface area (Å²) < 4.78 is 5.91. The molecular formula is C55H101NO5. The Morgan fingerprint density at radius 1 is 0.492 bits per heavy atom. The quantitative estimate of drug-likeness (QED) is 0.0245. The molecule has 0 aromatic rings. The van der Waals surface area contributed by atoms with E-state index in [1.54, 1.807) is 0 Å². The second kappa shape index (κ2) is 48.8. The molecule has 0 heterocycles. The molecule has 0 bridgehead atoms. The van der Waals surface area contributed by atoms with Crippen LogP contribution in [0.3, 0.4) is 0 Å². The van der Waals surface area contributed by atoms with E-state index in [4.69, 9.17) is 4.74 Å². The summed E-state index contributed by atoms with van der Waals surface area (Å²) in [5.41, 5.74) is 0. The van der Waals surface area contributed by atoms with Crippen LogP contribution in [0.1, 0.15) is 265 Å². The minimum Gasteiger partial charge on any atom is -0.462 e. The van der Waals surface area contributed by atoms with E-state index < -0.39 is 18.2 Å². The van der Waals surface area contributed by atoms with Crippen molar-refractivity contribution in [2.24, 2.45) is 0 Å². The van der Waals surface area contributed by atoms with Gasteiger partial charge in [-0.05, 0) is 70.6 Å². The van der Waals surface area contributed by atoms with Gasteiger partial charge in [0.1, 0.15) is 6.10 Å². The number of aliphatic hydroxyl groups is 2. The lowest BCUT2D eigenvalue weighted by Crippen LogP contribution is -2.46. The lowest BCUT2D eigenvalue weighted by atomic mass is 10.0. The Hall–Kier alpha value is -2.18. The molecule has 3 N–H and O–H groups in total. The topological polar surface area (TPSA) is 95.9 Å². The summed E-state index contributed by atoms with van der Waals surface area (Å²) in [7, 11) is 0. The van der Waals surface area contributed by atoms with Gasteiger partial charge in [-0.1, -0.05) is 230 Å². The number of amides is 1. The number of unbranched alkanes of at least 4 members (excludes halogenated alkanes) is 29. The Labute approximate surface area is 378 Å². The summed E-state index contributed by atoms with van der Waals surface area (Å²) in [6, 6.07) is -0.708. The molecule has 0 saturated heterocycles. The smallest absolute Gasteiger partial charge is 0.306 e.